The van der Waals surface area contributed by atoms with Crippen LogP contribution in [0.4, 0.5) is 8.78 Å². The van der Waals surface area contributed by atoms with Gasteiger partial charge >= 0.3 is 5.97 Å². The second-order valence-electron chi connectivity index (χ2n) is 5.73. The lowest BCUT2D eigenvalue weighted by Gasteiger charge is -2.14. The Labute approximate surface area is 154 Å². The molecule has 0 aromatic heterocycles. The van der Waals surface area contributed by atoms with E-state index in [9.17, 15) is 18.7 Å². The van der Waals surface area contributed by atoms with Crippen molar-refractivity contribution in [2.75, 3.05) is 6.61 Å². The van der Waals surface area contributed by atoms with Crippen molar-refractivity contribution in [3.8, 4) is 0 Å². The molecule has 138 valence electrons. The molecular weight excluding hydrogens is 396 g/mol. The van der Waals surface area contributed by atoms with Gasteiger partial charge in [-0.15, -0.1) is 0 Å². The normalized spacial score (nSPS) is 13.9. The molecule has 1 aromatic rings. The minimum absolute atomic E-state index is 0.0378. The van der Waals surface area contributed by atoms with Gasteiger partial charge in [0.15, 0.2) is 0 Å². The molecule has 0 radical (unpaired) electrons. The Morgan fingerprint density at radius 1 is 1.32 bits per heavy atom. The van der Waals surface area contributed by atoms with Crippen LogP contribution in [0.2, 0.25) is 0 Å². The van der Waals surface area contributed by atoms with Crippen molar-refractivity contribution < 1.29 is 23.4 Å². The van der Waals surface area contributed by atoms with E-state index in [4.69, 9.17) is 4.74 Å². The summed E-state index contributed by atoms with van der Waals surface area (Å²) in [4.78, 5) is 16.5. The molecule has 0 heterocycles. The van der Waals surface area contributed by atoms with Gasteiger partial charge < -0.3 is 9.84 Å². The van der Waals surface area contributed by atoms with Crippen molar-refractivity contribution in [1.29, 1.82) is 0 Å². The van der Waals surface area contributed by atoms with Crippen molar-refractivity contribution in [3.05, 3.63) is 39.4 Å². The van der Waals surface area contributed by atoms with Gasteiger partial charge in [0.1, 0.15) is 23.0 Å². The zero-order chi connectivity index (χ0) is 19.1. The number of aliphatic hydroxyl groups excluding tert-OH is 1. The van der Waals surface area contributed by atoms with Crippen LogP contribution in [0.3, 0.4) is 0 Å². The van der Waals surface area contributed by atoms with E-state index in [-0.39, 0.29) is 34.2 Å². The molecule has 4 nitrogen and oxygen atoms in total. The maximum atomic E-state index is 14.0. The Bertz CT molecular complexity index is 687. The van der Waals surface area contributed by atoms with Crippen LogP contribution >= 0.6 is 15.9 Å². The molecule has 0 bridgehead atoms. The predicted molar refractivity (Wildman–Crippen MR) is 97.6 cm³/mol. The molecular formula is C18H22BrF2NO3. The molecule has 0 unspecified atom stereocenters. The highest BCUT2D eigenvalue weighted by Crippen LogP contribution is 2.26. The molecule has 0 aliphatic heterocycles. The molecule has 0 aliphatic rings. The third-order valence-corrected chi connectivity index (χ3v) is 4.21. The zero-order valence-electron chi connectivity index (χ0n) is 14.6. The molecule has 1 atom stereocenters. The fourth-order valence-corrected chi connectivity index (χ4v) is 2.53. The van der Waals surface area contributed by atoms with E-state index in [1.165, 1.54) is 6.21 Å². The van der Waals surface area contributed by atoms with E-state index < -0.39 is 23.4 Å². The largest absolute Gasteiger partial charge is 0.506 e. The van der Waals surface area contributed by atoms with Gasteiger partial charge in [0, 0.05) is 12.3 Å². The number of esters is 1. The molecule has 0 spiro atoms. The van der Waals surface area contributed by atoms with Crippen LogP contribution in [0.15, 0.2) is 27.2 Å². The van der Waals surface area contributed by atoms with Gasteiger partial charge in [-0.3, -0.25) is 4.99 Å². The van der Waals surface area contributed by atoms with Crippen LogP contribution in [0.5, 0.6) is 0 Å². The number of aliphatic hydroxyl groups is 1. The number of hydrogen-bond acceptors (Lipinski definition) is 4. The van der Waals surface area contributed by atoms with Crippen molar-refractivity contribution in [2.24, 2.45) is 10.9 Å². The Balaban J connectivity index is 3.44. The summed E-state index contributed by atoms with van der Waals surface area (Å²) >= 11 is 2.93. The van der Waals surface area contributed by atoms with Crippen molar-refractivity contribution >= 4 is 33.9 Å². The van der Waals surface area contributed by atoms with Gasteiger partial charge in [-0.25, -0.2) is 13.6 Å². The van der Waals surface area contributed by atoms with E-state index in [1.54, 1.807) is 6.92 Å². The first kappa shape index (κ1) is 21.3. The first-order valence-electron chi connectivity index (χ1n) is 8.01. The average Bonchev–Trinajstić information content (AvgIpc) is 2.54. The summed E-state index contributed by atoms with van der Waals surface area (Å²) < 4.78 is 32.3. The third-order valence-electron chi connectivity index (χ3n) is 3.60. The molecule has 0 aliphatic carbocycles. The first-order chi connectivity index (χ1) is 11.7. The molecule has 7 heteroatoms. The smallest absolute Gasteiger partial charge is 0.343 e. The molecule has 0 saturated carbocycles. The van der Waals surface area contributed by atoms with Crippen molar-refractivity contribution in [1.82, 2.24) is 0 Å². The molecule has 1 rings (SSSR count). The fourth-order valence-electron chi connectivity index (χ4n) is 2.19. The van der Waals surface area contributed by atoms with E-state index in [2.05, 4.69) is 20.9 Å². The van der Waals surface area contributed by atoms with Crippen molar-refractivity contribution in [3.63, 3.8) is 0 Å². The fraction of sp³-hybridized carbons (Fsp3) is 0.444. The van der Waals surface area contributed by atoms with E-state index >= 15 is 0 Å². The summed E-state index contributed by atoms with van der Waals surface area (Å²) in [6.45, 7) is 7.61. The highest BCUT2D eigenvalue weighted by Gasteiger charge is 2.21. The van der Waals surface area contributed by atoms with Gasteiger partial charge in [-0.2, -0.15) is 0 Å². The summed E-state index contributed by atoms with van der Waals surface area (Å²) in [5, 5.41) is 10.4. The molecule has 0 amide bonds. The summed E-state index contributed by atoms with van der Waals surface area (Å²) in [6.07, 6.45) is 1.93. The molecule has 0 saturated heterocycles. The predicted octanol–water partition coefficient (Wildman–Crippen LogP) is 5.06. The highest BCUT2D eigenvalue weighted by atomic mass is 79.9. The van der Waals surface area contributed by atoms with Gasteiger partial charge in [0.2, 0.25) is 0 Å². The third kappa shape index (κ3) is 5.63. The van der Waals surface area contributed by atoms with Crippen LogP contribution in [0.25, 0.3) is 5.76 Å². The van der Waals surface area contributed by atoms with Crippen molar-refractivity contribution in [2.45, 2.75) is 40.2 Å². The number of benzene rings is 1. The number of aliphatic imine (C=N–C) groups is 1. The number of carbonyl (C=O) groups is 1. The van der Waals surface area contributed by atoms with E-state index in [0.29, 0.717) is 6.07 Å². The molecule has 1 N–H and O–H groups in total. The molecule has 1 aromatic carbocycles. The van der Waals surface area contributed by atoms with Gasteiger partial charge in [0.05, 0.1) is 22.7 Å². The number of hydrogen-bond donors (Lipinski definition) is 1. The molecule has 0 fully saturated rings. The second-order valence-corrected chi connectivity index (χ2v) is 6.58. The van der Waals surface area contributed by atoms with Crippen LogP contribution in [0, 0.1) is 17.6 Å². The Kier molecular flexibility index (Phi) is 8.22. The van der Waals surface area contributed by atoms with Crippen LogP contribution in [-0.2, 0) is 9.53 Å². The van der Waals surface area contributed by atoms with Gasteiger partial charge in [-0.1, -0.05) is 20.8 Å². The molecule has 25 heavy (non-hydrogen) atoms. The summed E-state index contributed by atoms with van der Waals surface area (Å²) in [6, 6.07) is 1.62. The Morgan fingerprint density at radius 3 is 2.48 bits per heavy atom. The summed E-state index contributed by atoms with van der Waals surface area (Å²) in [5.41, 5.74) is -0.598. The van der Waals surface area contributed by atoms with Crippen LogP contribution in [0.1, 0.15) is 39.7 Å². The summed E-state index contributed by atoms with van der Waals surface area (Å²) in [5.74, 6) is -3.07. The lowest BCUT2D eigenvalue weighted by atomic mass is 10.0. The number of rotatable bonds is 7. The van der Waals surface area contributed by atoms with E-state index in [1.807, 2.05) is 20.8 Å². The van der Waals surface area contributed by atoms with Crippen LogP contribution < -0.4 is 0 Å². The first-order valence-corrected chi connectivity index (χ1v) is 8.80. The maximum absolute atomic E-state index is 14.0. The standard InChI is InChI=1S/C18H22BrF2NO3/c1-5-16(10(3)4)22-9-12(18(24)25-6-2)17(23)11-7-13(19)15(21)8-14(11)20/h7-10,16,23H,5-6H2,1-4H3/t16-/m1/s1. The highest BCUT2D eigenvalue weighted by molar-refractivity contribution is 9.10. The Morgan fingerprint density at radius 2 is 1.96 bits per heavy atom. The topological polar surface area (TPSA) is 58.9 Å². The van der Waals surface area contributed by atoms with E-state index in [0.717, 1.165) is 12.5 Å². The number of ether oxygens (including phenoxy) is 1. The minimum atomic E-state index is -0.996. The number of carbonyl (C=O) groups excluding carboxylic acids is 1. The van der Waals surface area contributed by atoms with Crippen LogP contribution in [-0.4, -0.2) is 29.9 Å². The Hall–Kier alpha value is -1.76. The SMILES string of the molecule is CCOC(=O)C(C=N[C@H](CC)C(C)C)=C(O)c1cc(Br)c(F)cc1F. The quantitative estimate of drug-likeness (QED) is 0.221. The van der Waals surface area contributed by atoms with Gasteiger partial charge in [0.25, 0.3) is 0 Å². The summed E-state index contributed by atoms with van der Waals surface area (Å²) in [7, 11) is 0. The average molecular weight is 418 g/mol. The number of halogens is 3. The zero-order valence-corrected chi connectivity index (χ0v) is 16.2. The minimum Gasteiger partial charge on any atom is -0.506 e. The monoisotopic (exact) mass is 417 g/mol. The second kappa shape index (κ2) is 9.65. The lowest BCUT2D eigenvalue weighted by Crippen LogP contribution is -2.16. The number of nitrogens with zero attached hydrogens (tertiary/aromatic N) is 1. The van der Waals surface area contributed by atoms with Gasteiger partial charge in [-0.05, 0) is 41.3 Å². The lowest BCUT2D eigenvalue weighted by molar-refractivity contribution is -0.137. The maximum Gasteiger partial charge on any atom is 0.343 e.